The van der Waals surface area contributed by atoms with Crippen LogP contribution in [-0.2, 0) is 15.9 Å². The van der Waals surface area contributed by atoms with E-state index in [4.69, 9.17) is 14.7 Å². The van der Waals surface area contributed by atoms with Crippen molar-refractivity contribution >= 4 is 17.3 Å². The van der Waals surface area contributed by atoms with E-state index >= 15 is 0 Å². The Balaban J connectivity index is 1.71. The highest BCUT2D eigenvalue weighted by Crippen LogP contribution is 2.19. The molecule has 10 heteroatoms. The topological polar surface area (TPSA) is 130 Å². The molecule has 3 rings (SSSR count). The summed E-state index contributed by atoms with van der Waals surface area (Å²) < 4.78 is 10.9. The Morgan fingerprint density at radius 3 is 2.96 bits per heavy atom. The van der Waals surface area contributed by atoms with Gasteiger partial charge in [0, 0.05) is 39.2 Å². The second kappa shape index (κ2) is 9.72. The van der Waals surface area contributed by atoms with E-state index in [0.29, 0.717) is 37.8 Å². The number of aromatic nitrogens is 4. The molecule has 1 saturated heterocycles. The molecule has 1 aliphatic heterocycles. The Bertz CT molecular complexity index is 771. The number of rotatable bonds is 8. The maximum atomic E-state index is 8.79. The summed E-state index contributed by atoms with van der Waals surface area (Å²) in [6.07, 6.45) is 3.62. The van der Waals surface area contributed by atoms with Gasteiger partial charge in [-0.25, -0.2) is 9.97 Å². The van der Waals surface area contributed by atoms with Crippen molar-refractivity contribution in [1.29, 1.82) is 5.26 Å². The Labute approximate surface area is 157 Å². The van der Waals surface area contributed by atoms with E-state index in [1.807, 2.05) is 12.1 Å². The van der Waals surface area contributed by atoms with Crippen molar-refractivity contribution in [2.45, 2.75) is 12.5 Å². The van der Waals surface area contributed by atoms with E-state index in [9.17, 15) is 0 Å². The van der Waals surface area contributed by atoms with Gasteiger partial charge < -0.3 is 25.4 Å². The normalized spacial score (nSPS) is 16.5. The van der Waals surface area contributed by atoms with Gasteiger partial charge in [-0.2, -0.15) is 10.4 Å². The number of ether oxygens (including phenoxy) is 2. The molecule has 1 aliphatic rings. The number of methoxy groups -OCH3 is 1. The van der Waals surface area contributed by atoms with E-state index in [2.05, 4.69) is 36.1 Å². The molecule has 0 spiro atoms. The lowest BCUT2D eigenvalue weighted by Gasteiger charge is -2.24. The third-order valence-electron chi connectivity index (χ3n) is 3.96. The van der Waals surface area contributed by atoms with E-state index in [-0.39, 0.29) is 11.8 Å². The molecule has 2 aromatic rings. The summed E-state index contributed by atoms with van der Waals surface area (Å²) in [7, 11) is 1.65. The monoisotopic (exact) mass is 370 g/mol. The van der Waals surface area contributed by atoms with Crippen LogP contribution in [-0.4, -0.2) is 66.2 Å². The largest absolute Gasteiger partial charge is 0.384 e. The Morgan fingerprint density at radius 1 is 1.33 bits per heavy atom. The number of hydrogen-bond donors (Lipinski definition) is 3. The van der Waals surface area contributed by atoms with Crippen LogP contribution in [0.1, 0.15) is 11.4 Å². The molecular formula is C17H22N8O2. The lowest BCUT2D eigenvalue weighted by atomic mass is 10.2. The van der Waals surface area contributed by atoms with Crippen LogP contribution >= 0.6 is 0 Å². The van der Waals surface area contributed by atoms with E-state index in [0.717, 1.165) is 24.5 Å². The molecule has 1 atom stereocenters. The quantitative estimate of drug-likeness (QED) is 0.603. The van der Waals surface area contributed by atoms with Crippen molar-refractivity contribution in [2.24, 2.45) is 0 Å². The third-order valence-corrected chi connectivity index (χ3v) is 3.96. The highest BCUT2D eigenvalue weighted by molar-refractivity contribution is 5.59. The standard InChI is InChI=1S/C17H22N8O2/c1-26-4-2-14-15(21-10-13-9-19-3-5-27-13)6-16(25-24-14)23-17-11-20-12(7-18)8-22-17/h6,8,11,13,19H,2-5,9-10H2,1H3,(H2,21,22,23,25)/t13-/m0/s1. The summed E-state index contributed by atoms with van der Waals surface area (Å²) in [4.78, 5) is 8.11. The average Bonchev–Trinajstić information content (AvgIpc) is 2.73. The second-order valence-electron chi connectivity index (χ2n) is 5.93. The molecule has 27 heavy (non-hydrogen) atoms. The van der Waals surface area contributed by atoms with E-state index < -0.39 is 0 Å². The molecule has 0 amide bonds. The summed E-state index contributed by atoms with van der Waals surface area (Å²) in [5, 5.41) is 27.0. The summed E-state index contributed by atoms with van der Waals surface area (Å²) in [5.41, 5.74) is 1.93. The first-order valence-electron chi connectivity index (χ1n) is 8.69. The minimum Gasteiger partial charge on any atom is -0.384 e. The van der Waals surface area contributed by atoms with Gasteiger partial charge in [0.15, 0.2) is 11.5 Å². The fraction of sp³-hybridized carbons (Fsp3) is 0.471. The zero-order valence-corrected chi connectivity index (χ0v) is 15.1. The van der Waals surface area contributed by atoms with Gasteiger partial charge in [0.05, 0.1) is 43.1 Å². The van der Waals surface area contributed by atoms with Gasteiger partial charge in [0.25, 0.3) is 0 Å². The SMILES string of the molecule is COCCc1nnc(Nc2cnc(C#N)cn2)cc1NC[C@@H]1CNCCO1. The van der Waals surface area contributed by atoms with Gasteiger partial charge in [-0.1, -0.05) is 0 Å². The lowest BCUT2D eigenvalue weighted by molar-refractivity contribution is 0.0372. The first kappa shape index (κ1) is 18.9. The molecule has 0 bridgehead atoms. The molecule has 0 unspecified atom stereocenters. The van der Waals surface area contributed by atoms with Crippen molar-refractivity contribution in [3.8, 4) is 6.07 Å². The van der Waals surface area contributed by atoms with Crippen molar-refractivity contribution in [1.82, 2.24) is 25.5 Å². The van der Waals surface area contributed by atoms with Crippen molar-refractivity contribution in [3.63, 3.8) is 0 Å². The fourth-order valence-corrected chi connectivity index (χ4v) is 2.57. The van der Waals surface area contributed by atoms with Crippen molar-refractivity contribution < 1.29 is 9.47 Å². The molecule has 0 aliphatic carbocycles. The van der Waals surface area contributed by atoms with Gasteiger partial charge in [0.2, 0.25) is 0 Å². The van der Waals surface area contributed by atoms with Crippen LogP contribution in [0.15, 0.2) is 18.5 Å². The highest BCUT2D eigenvalue weighted by atomic mass is 16.5. The second-order valence-corrected chi connectivity index (χ2v) is 5.93. The zero-order chi connectivity index (χ0) is 18.9. The smallest absolute Gasteiger partial charge is 0.158 e. The molecule has 0 aromatic carbocycles. The molecule has 10 nitrogen and oxygen atoms in total. The number of nitriles is 1. The molecular weight excluding hydrogens is 348 g/mol. The van der Waals surface area contributed by atoms with Crippen LogP contribution < -0.4 is 16.0 Å². The van der Waals surface area contributed by atoms with Gasteiger partial charge in [-0.05, 0) is 0 Å². The molecule has 142 valence electrons. The predicted octanol–water partition coefficient (Wildman–Crippen LogP) is 0.471. The van der Waals surface area contributed by atoms with Crippen LogP contribution in [0, 0.1) is 11.3 Å². The first-order valence-corrected chi connectivity index (χ1v) is 8.69. The molecule has 3 heterocycles. The maximum absolute atomic E-state index is 8.79. The van der Waals surface area contributed by atoms with E-state index in [1.54, 1.807) is 7.11 Å². The zero-order valence-electron chi connectivity index (χ0n) is 15.1. The van der Waals surface area contributed by atoms with Crippen molar-refractivity contribution in [3.05, 3.63) is 29.8 Å². The highest BCUT2D eigenvalue weighted by Gasteiger charge is 2.15. The maximum Gasteiger partial charge on any atom is 0.158 e. The van der Waals surface area contributed by atoms with Gasteiger partial charge in [-0.3, -0.25) is 0 Å². The van der Waals surface area contributed by atoms with Crippen LogP contribution in [0.25, 0.3) is 0 Å². The molecule has 3 N–H and O–H groups in total. The van der Waals surface area contributed by atoms with Gasteiger partial charge in [0.1, 0.15) is 11.9 Å². The average molecular weight is 370 g/mol. The summed E-state index contributed by atoms with van der Waals surface area (Å²) in [6, 6.07) is 3.80. The summed E-state index contributed by atoms with van der Waals surface area (Å²) >= 11 is 0. The predicted molar refractivity (Wildman–Crippen MR) is 98.7 cm³/mol. The Hall–Kier alpha value is -2.87. The molecule has 0 radical (unpaired) electrons. The number of nitrogens with zero attached hydrogens (tertiary/aromatic N) is 5. The first-order chi connectivity index (χ1) is 13.3. The van der Waals surface area contributed by atoms with Crippen LogP contribution in [0.2, 0.25) is 0 Å². The van der Waals surface area contributed by atoms with Crippen LogP contribution in [0.3, 0.4) is 0 Å². The minimum absolute atomic E-state index is 0.1000. The molecule has 1 fully saturated rings. The number of nitrogens with one attached hydrogen (secondary N) is 3. The van der Waals surface area contributed by atoms with Crippen molar-refractivity contribution in [2.75, 3.05) is 50.6 Å². The Kier molecular flexibility index (Phi) is 6.81. The Morgan fingerprint density at radius 2 is 2.26 bits per heavy atom. The number of hydrogen-bond acceptors (Lipinski definition) is 10. The molecule has 0 saturated carbocycles. The summed E-state index contributed by atoms with van der Waals surface area (Å²) in [6.45, 7) is 3.62. The minimum atomic E-state index is 0.1000. The number of morpholine rings is 1. The summed E-state index contributed by atoms with van der Waals surface area (Å²) in [5.74, 6) is 1.01. The van der Waals surface area contributed by atoms with E-state index in [1.165, 1.54) is 12.4 Å². The lowest BCUT2D eigenvalue weighted by Crippen LogP contribution is -2.42. The van der Waals surface area contributed by atoms with Gasteiger partial charge >= 0.3 is 0 Å². The fourth-order valence-electron chi connectivity index (χ4n) is 2.57. The van der Waals surface area contributed by atoms with Crippen LogP contribution in [0.5, 0.6) is 0 Å². The third kappa shape index (κ3) is 5.55. The van der Waals surface area contributed by atoms with Crippen LogP contribution in [0.4, 0.5) is 17.3 Å². The van der Waals surface area contributed by atoms with Gasteiger partial charge in [-0.15, -0.1) is 5.10 Å². The number of anilines is 3. The molecule has 2 aromatic heterocycles.